The van der Waals surface area contributed by atoms with Crippen LogP contribution in [0, 0.1) is 0 Å². The average Bonchev–Trinajstić information content (AvgIpc) is 1.87. The van der Waals surface area contributed by atoms with Crippen LogP contribution in [-0.2, 0) is 4.79 Å². The number of rotatable bonds is 6. The summed E-state index contributed by atoms with van der Waals surface area (Å²) in [5.41, 5.74) is 6.62. The van der Waals surface area contributed by atoms with Gasteiger partial charge < -0.3 is 0 Å². The quantitative estimate of drug-likeness (QED) is 0.407. The van der Waals surface area contributed by atoms with E-state index in [9.17, 15) is 4.79 Å². The molecular weight excluding hydrogens is 241 g/mol. The molecule has 0 aromatic rings. The summed E-state index contributed by atoms with van der Waals surface area (Å²) in [5, 5.41) is 0. The fourth-order valence-corrected chi connectivity index (χ4v) is 1.27. The van der Waals surface area contributed by atoms with Crippen molar-refractivity contribution >= 4 is 28.5 Å². The molecule has 0 heterocycles. The summed E-state index contributed by atoms with van der Waals surface area (Å²) in [6.07, 6.45) is 4.90. The van der Waals surface area contributed by atoms with Gasteiger partial charge in [-0.05, 0) is 17.3 Å². The van der Waals surface area contributed by atoms with E-state index in [1.807, 2.05) is 0 Å². The van der Waals surface area contributed by atoms with E-state index in [0.717, 1.165) is 12.8 Å². The summed E-state index contributed by atoms with van der Waals surface area (Å²) in [7, 11) is 0. The molecule has 1 radical (unpaired) electrons. The minimum Gasteiger partial charge on any atom is -0.273 e. The van der Waals surface area contributed by atoms with Crippen LogP contribution in [0.3, 0.4) is 0 Å². The second kappa shape index (κ2) is 7.31. The van der Waals surface area contributed by atoms with Crippen molar-refractivity contribution in [3.8, 4) is 0 Å². The number of alkyl halides is 1. The molecule has 0 fully saturated rings. The molecule has 0 atom stereocenters. The van der Waals surface area contributed by atoms with Crippen molar-refractivity contribution < 1.29 is 4.79 Å². The first-order chi connectivity index (χ1) is 4.77. The van der Waals surface area contributed by atoms with Crippen LogP contribution in [0.1, 0.15) is 32.1 Å². The summed E-state index contributed by atoms with van der Waals surface area (Å²) in [6, 6.07) is 0. The lowest BCUT2D eigenvalue weighted by Gasteiger charge is -1.94. The summed E-state index contributed by atoms with van der Waals surface area (Å²) in [6.45, 7) is 0. The SMILES string of the molecule is [NH]C(=O)CCCCCCI. The number of hydrogen-bond acceptors (Lipinski definition) is 1. The van der Waals surface area contributed by atoms with Gasteiger partial charge in [0.15, 0.2) is 0 Å². The number of carbonyl (C=O) groups is 1. The molecule has 0 aromatic carbocycles. The van der Waals surface area contributed by atoms with E-state index in [1.165, 1.54) is 17.3 Å². The van der Waals surface area contributed by atoms with Crippen LogP contribution in [0.25, 0.3) is 0 Å². The van der Waals surface area contributed by atoms with Crippen molar-refractivity contribution in [2.45, 2.75) is 32.1 Å². The molecule has 1 N–H and O–H groups in total. The van der Waals surface area contributed by atoms with E-state index in [0.29, 0.717) is 6.42 Å². The summed E-state index contributed by atoms with van der Waals surface area (Å²) < 4.78 is 1.20. The normalized spacial score (nSPS) is 9.70. The Kier molecular flexibility index (Phi) is 7.45. The highest BCUT2D eigenvalue weighted by Crippen LogP contribution is 2.03. The van der Waals surface area contributed by atoms with Gasteiger partial charge in [0.05, 0.1) is 0 Å². The Balaban J connectivity index is 2.84. The topological polar surface area (TPSA) is 40.9 Å². The van der Waals surface area contributed by atoms with E-state index in [2.05, 4.69) is 22.6 Å². The molecule has 0 saturated heterocycles. The number of amides is 1. The molecule has 1 amide bonds. The van der Waals surface area contributed by atoms with Crippen molar-refractivity contribution in [2.75, 3.05) is 4.43 Å². The van der Waals surface area contributed by atoms with Crippen molar-refractivity contribution in [2.24, 2.45) is 0 Å². The third-order valence-corrected chi connectivity index (χ3v) is 2.05. The Labute approximate surface area is 75.7 Å². The van der Waals surface area contributed by atoms with Crippen molar-refractivity contribution in [3.05, 3.63) is 0 Å². The Morgan fingerprint density at radius 2 is 1.80 bits per heavy atom. The van der Waals surface area contributed by atoms with Crippen molar-refractivity contribution in [3.63, 3.8) is 0 Å². The smallest absolute Gasteiger partial charge is 0.238 e. The first kappa shape index (κ1) is 10.2. The van der Waals surface area contributed by atoms with Gasteiger partial charge in [0, 0.05) is 6.42 Å². The number of halogens is 1. The van der Waals surface area contributed by atoms with Gasteiger partial charge in [-0.2, -0.15) is 0 Å². The van der Waals surface area contributed by atoms with Crippen LogP contribution in [0.2, 0.25) is 0 Å². The van der Waals surface area contributed by atoms with Gasteiger partial charge in [-0.3, -0.25) is 10.5 Å². The van der Waals surface area contributed by atoms with Gasteiger partial charge in [-0.1, -0.05) is 35.4 Å². The molecule has 0 rings (SSSR count). The lowest BCUT2D eigenvalue weighted by molar-refractivity contribution is -0.118. The molecule has 0 aliphatic heterocycles. The fourth-order valence-electron chi connectivity index (χ4n) is 0.734. The van der Waals surface area contributed by atoms with Gasteiger partial charge in [-0.15, -0.1) is 0 Å². The molecule has 0 aromatic heterocycles. The average molecular weight is 254 g/mol. The maximum atomic E-state index is 10.1. The van der Waals surface area contributed by atoms with Crippen LogP contribution in [0.5, 0.6) is 0 Å². The summed E-state index contributed by atoms with van der Waals surface area (Å²) in [4.78, 5) is 10.1. The molecule has 10 heavy (non-hydrogen) atoms. The van der Waals surface area contributed by atoms with E-state index < -0.39 is 5.91 Å². The number of nitrogens with one attached hydrogen (secondary N) is 1. The number of unbranched alkanes of at least 4 members (excludes halogenated alkanes) is 3. The molecule has 0 saturated carbocycles. The standard InChI is InChI=1S/C7H13INO/c8-6-4-2-1-3-5-7(9)10/h9H,1-6H2. The lowest BCUT2D eigenvalue weighted by atomic mass is 10.1. The van der Waals surface area contributed by atoms with E-state index >= 15 is 0 Å². The van der Waals surface area contributed by atoms with Crippen LogP contribution < -0.4 is 5.73 Å². The highest BCUT2D eigenvalue weighted by Gasteiger charge is 1.93. The Hall–Kier alpha value is 0.200. The monoisotopic (exact) mass is 254 g/mol. The minimum atomic E-state index is -0.422. The Morgan fingerprint density at radius 1 is 1.20 bits per heavy atom. The first-order valence-electron chi connectivity index (χ1n) is 3.57. The highest BCUT2D eigenvalue weighted by molar-refractivity contribution is 14.1. The zero-order valence-corrected chi connectivity index (χ0v) is 8.19. The van der Waals surface area contributed by atoms with Gasteiger partial charge in [-0.25, -0.2) is 0 Å². The number of carbonyl (C=O) groups excluding carboxylic acids is 1. The molecule has 0 spiro atoms. The summed E-state index contributed by atoms with van der Waals surface area (Å²) in [5.74, 6) is -0.422. The lowest BCUT2D eigenvalue weighted by Crippen LogP contribution is -1.96. The van der Waals surface area contributed by atoms with E-state index in [-0.39, 0.29) is 0 Å². The molecule has 0 unspecified atom stereocenters. The largest absolute Gasteiger partial charge is 0.273 e. The highest BCUT2D eigenvalue weighted by atomic mass is 127. The van der Waals surface area contributed by atoms with Gasteiger partial charge in [0.25, 0.3) is 0 Å². The first-order valence-corrected chi connectivity index (χ1v) is 5.10. The van der Waals surface area contributed by atoms with Crippen LogP contribution in [0.4, 0.5) is 0 Å². The third-order valence-electron chi connectivity index (χ3n) is 1.29. The van der Waals surface area contributed by atoms with E-state index in [4.69, 9.17) is 5.73 Å². The minimum absolute atomic E-state index is 0.422. The van der Waals surface area contributed by atoms with Crippen molar-refractivity contribution in [1.82, 2.24) is 5.73 Å². The zero-order valence-electron chi connectivity index (χ0n) is 6.03. The molecule has 0 bridgehead atoms. The molecular formula is C7H13INO. The van der Waals surface area contributed by atoms with Crippen LogP contribution in [-0.4, -0.2) is 10.3 Å². The molecule has 0 aliphatic rings. The zero-order chi connectivity index (χ0) is 7.82. The Bertz CT molecular complexity index is 95.6. The Morgan fingerprint density at radius 3 is 2.30 bits per heavy atom. The molecule has 3 heteroatoms. The number of hydrogen-bond donors (Lipinski definition) is 0. The van der Waals surface area contributed by atoms with Gasteiger partial charge in [0.2, 0.25) is 5.91 Å². The molecule has 0 aliphatic carbocycles. The molecule has 2 nitrogen and oxygen atoms in total. The maximum Gasteiger partial charge on any atom is 0.238 e. The maximum absolute atomic E-state index is 10.1. The predicted molar refractivity (Wildman–Crippen MR) is 50.1 cm³/mol. The second-order valence-corrected chi connectivity index (χ2v) is 3.36. The van der Waals surface area contributed by atoms with Crippen LogP contribution >= 0.6 is 22.6 Å². The predicted octanol–water partition coefficient (Wildman–Crippen LogP) is 2.18. The van der Waals surface area contributed by atoms with Crippen LogP contribution in [0.15, 0.2) is 0 Å². The molecule has 59 valence electrons. The van der Waals surface area contributed by atoms with Gasteiger partial charge >= 0.3 is 0 Å². The van der Waals surface area contributed by atoms with Crippen molar-refractivity contribution in [1.29, 1.82) is 0 Å². The summed E-state index contributed by atoms with van der Waals surface area (Å²) >= 11 is 2.35. The third kappa shape index (κ3) is 8.20. The van der Waals surface area contributed by atoms with Gasteiger partial charge in [0.1, 0.15) is 0 Å². The van der Waals surface area contributed by atoms with E-state index in [1.54, 1.807) is 0 Å². The fraction of sp³-hybridized carbons (Fsp3) is 0.857. The second-order valence-electron chi connectivity index (χ2n) is 2.28.